The van der Waals surface area contributed by atoms with Crippen molar-refractivity contribution in [2.24, 2.45) is 5.41 Å². The Morgan fingerprint density at radius 3 is 1.48 bits per heavy atom. The third kappa shape index (κ3) is 3.91. The Morgan fingerprint density at radius 2 is 1.19 bits per heavy atom. The first-order valence-corrected chi connectivity index (χ1v) is 7.12. The molecule has 2 aliphatic heterocycles. The molecule has 2 rings (SSSR count). The van der Waals surface area contributed by atoms with Gasteiger partial charge in [-0.05, 0) is 13.8 Å². The van der Waals surface area contributed by atoms with Gasteiger partial charge in [-0.25, -0.2) is 0 Å². The van der Waals surface area contributed by atoms with Crippen molar-refractivity contribution in [2.45, 2.75) is 26.4 Å². The molecule has 0 aromatic carbocycles. The molecule has 120 valence electrons. The molecule has 0 aromatic heterocycles. The summed E-state index contributed by atoms with van der Waals surface area (Å²) in [7, 11) is 0. The smallest absolute Gasteiger partial charge is 0.277 e. The zero-order chi connectivity index (χ0) is 15.3. The zero-order valence-corrected chi connectivity index (χ0v) is 12.3. The molecule has 8 nitrogen and oxygen atoms in total. The van der Waals surface area contributed by atoms with E-state index in [1.165, 1.54) is 0 Å². The SMILES string of the molecule is CCNC(=O)C1OCC2(CO1)COC(C(=O)NCC)OC2. The summed E-state index contributed by atoms with van der Waals surface area (Å²) in [5.41, 5.74) is -0.466. The predicted octanol–water partition coefficient (Wildman–Crippen LogP) is -1.01. The van der Waals surface area contributed by atoms with Gasteiger partial charge < -0.3 is 29.6 Å². The molecule has 0 bridgehead atoms. The Labute approximate surface area is 123 Å². The van der Waals surface area contributed by atoms with Crippen LogP contribution in [0.5, 0.6) is 0 Å². The monoisotopic (exact) mass is 302 g/mol. The summed E-state index contributed by atoms with van der Waals surface area (Å²) in [6.07, 6.45) is -1.78. The molecule has 2 aliphatic rings. The van der Waals surface area contributed by atoms with Gasteiger partial charge in [0.2, 0.25) is 12.6 Å². The quantitative estimate of drug-likeness (QED) is 0.691. The van der Waals surface area contributed by atoms with Crippen molar-refractivity contribution in [1.82, 2.24) is 10.6 Å². The van der Waals surface area contributed by atoms with Crippen molar-refractivity contribution in [2.75, 3.05) is 39.5 Å². The van der Waals surface area contributed by atoms with Gasteiger partial charge in [-0.2, -0.15) is 0 Å². The van der Waals surface area contributed by atoms with E-state index in [2.05, 4.69) is 10.6 Å². The van der Waals surface area contributed by atoms with Crippen LogP contribution in [-0.2, 0) is 28.5 Å². The van der Waals surface area contributed by atoms with Crippen LogP contribution < -0.4 is 10.6 Å². The van der Waals surface area contributed by atoms with Crippen LogP contribution >= 0.6 is 0 Å². The van der Waals surface area contributed by atoms with Crippen molar-refractivity contribution >= 4 is 11.8 Å². The molecular weight excluding hydrogens is 280 g/mol. The molecule has 0 aliphatic carbocycles. The Morgan fingerprint density at radius 1 is 0.857 bits per heavy atom. The van der Waals surface area contributed by atoms with E-state index in [4.69, 9.17) is 18.9 Å². The molecule has 2 N–H and O–H groups in total. The number of nitrogens with one attached hydrogen (secondary N) is 2. The second-order valence-corrected chi connectivity index (χ2v) is 5.20. The summed E-state index contributed by atoms with van der Waals surface area (Å²) in [5.74, 6) is -0.574. The van der Waals surface area contributed by atoms with Crippen LogP contribution in [0.3, 0.4) is 0 Å². The van der Waals surface area contributed by atoms with Crippen molar-refractivity contribution in [1.29, 1.82) is 0 Å². The first-order chi connectivity index (χ1) is 10.1. The van der Waals surface area contributed by atoms with Crippen molar-refractivity contribution < 1.29 is 28.5 Å². The highest BCUT2D eigenvalue weighted by atomic mass is 16.7. The van der Waals surface area contributed by atoms with Crippen LogP contribution in [0.2, 0.25) is 0 Å². The van der Waals surface area contributed by atoms with Crippen LogP contribution in [-0.4, -0.2) is 63.9 Å². The standard InChI is InChI=1S/C13H22N2O6/c1-3-14-9(16)11-18-5-13(6-19-11)7-20-12(21-8-13)10(17)15-4-2/h11-12H,3-8H2,1-2H3,(H,14,16)(H,15,17). The van der Waals surface area contributed by atoms with Crippen LogP contribution in [0.1, 0.15) is 13.8 Å². The maximum atomic E-state index is 11.6. The van der Waals surface area contributed by atoms with Gasteiger partial charge in [-0.3, -0.25) is 9.59 Å². The highest BCUT2D eigenvalue weighted by Gasteiger charge is 2.44. The van der Waals surface area contributed by atoms with E-state index in [1.54, 1.807) is 0 Å². The molecule has 2 fully saturated rings. The Hall–Kier alpha value is -1.22. The maximum absolute atomic E-state index is 11.6. The second-order valence-electron chi connectivity index (χ2n) is 5.20. The molecule has 0 aromatic rings. The Balaban J connectivity index is 1.80. The predicted molar refractivity (Wildman–Crippen MR) is 71.2 cm³/mol. The fourth-order valence-corrected chi connectivity index (χ4v) is 2.17. The summed E-state index contributed by atoms with van der Waals surface area (Å²) in [6, 6.07) is 0. The van der Waals surface area contributed by atoms with Crippen LogP contribution in [0.15, 0.2) is 0 Å². The van der Waals surface area contributed by atoms with Crippen LogP contribution in [0.25, 0.3) is 0 Å². The third-order valence-electron chi connectivity index (χ3n) is 3.29. The number of carbonyl (C=O) groups is 2. The van der Waals surface area contributed by atoms with E-state index in [-0.39, 0.29) is 38.2 Å². The third-order valence-corrected chi connectivity index (χ3v) is 3.29. The van der Waals surface area contributed by atoms with E-state index in [0.29, 0.717) is 13.1 Å². The minimum absolute atomic E-state index is 0.287. The molecule has 0 radical (unpaired) electrons. The lowest BCUT2D eigenvalue weighted by Gasteiger charge is -2.42. The molecule has 0 saturated carbocycles. The molecule has 2 amide bonds. The van der Waals surface area contributed by atoms with Gasteiger partial charge in [0.1, 0.15) is 0 Å². The number of likely N-dealkylation sites (N-methyl/N-ethyl adjacent to an activating group) is 2. The molecule has 2 heterocycles. The van der Waals surface area contributed by atoms with Gasteiger partial charge in [-0.15, -0.1) is 0 Å². The minimum atomic E-state index is -0.892. The number of hydrogen-bond acceptors (Lipinski definition) is 6. The normalized spacial score (nSPS) is 32.7. The summed E-state index contributed by atoms with van der Waals surface area (Å²) in [5, 5.41) is 5.28. The average molecular weight is 302 g/mol. The lowest BCUT2D eigenvalue weighted by atomic mass is 9.91. The fourth-order valence-electron chi connectivity index (χ4n) is 2.17. The minimum Gasteiger partial charge on any atom is -0.352 e. The maximum Gasteiger partial charge on any atom is 0.277 e. The van der Waals surface area contributed by atoms with Crippen LogP contribution in [0, 0.1) is 5.41 Å². The van der Waals surface area contributed by atoms with Gasteiger partial charge in [0, 0.05) is 13.1 Å². The van der Waals surface area contributed by atoms with E-state index in [9.17, 15) is 9.59 Å². The Kier molecular flexibility index (Phi) is 5.51. The van der Waals surface area contributed by atoms with Gasteiger partial charge in [0.05, 0.1) is 31.8 Å². The molecule has 0 unspecified atom stereocenters. The number of rotatable bonds is 4. The topological polar surface area (TPSA) is 95.1 Å². The van der Waals surface area contributed by atoms with Gasteiger partial charge in [0.25, 0.3) is 11.8 Å². The second kappa shape index (κ2) is 7.17. The highest BCUT2D eigenvalue weighted by molar-refractivity contribution is 5.79. The zero-order valence-electron chi connectivity index (χ0n) is 12.3. The molecular formula is C13H22N2O6. The first-order valence-electron chi connectivity index (χ1n) is 7.12. The lowest BCUT2D eigenvalue weighted by molar-refractivity contribution is -0.290. The molecule has 2 saturated heterocycles. The number of amides is 2. The number of ether oxygens (including phenoxy) is 4. The van der Waals surface area contributed by atoms with E-state index < -0.39 is 18.0 Å². The molecule has 0 atom stereocenters. The molecule has 8 heteroatoms. The highest BCUT2D eigenvalue weighted by Crippen LogP contribution is 2.30. The van der Waals surface area contributed by atoms with Crippen molar-refractivity contribution in [3.63, 3.8) is 0 Å². The summed E-state index contributed by atoms with van der Waals surface area (Å²) >= 11 is 0. The number of hydrogen-bond donors (Lipinski definition) is 2. The van der Waals surface area contributed by atoms with E-state index >= 15 is 0 Å². The van der Waals surface area contributed by atoms with Gasteiger partial charge >= 0.3 is 0 Å². The van der Waals surface area contributed by atoms with Crippen LogP contribution in [0.4, 0.5) is 0 Å². The lowest BCUT2D eigenvalue weighted by Crippen LogP contribution is -2.56. The fraction of sp³-hybridized carbons (Fsp3) is 0.846. The van der Waals surface area contributed by atoms with E-state index in [0.717, 1.165) is 0 Å². The molecule has 1 spiro atoms. The van der Waals surface area contributed by atoms with Gasteiger partial charge in [0.15, 0.2) is 0 Å². The number of carbonyl (C=O) groups excluding carboxylic acids is 2. The average Bonchev–Trinajstić information content (AvgIpc) is 2.49. The molecule has 21 heavy (non-hydrogen) atoms. The van der Waals surface area contributed by atoms with Crippen molar-refractivity contribution in [3.8, 4) is 0 Å². The van der Waals surface area contributed by atoms with E-state index in [1.807, 2.05) is 13.8 Å². The van der Waals surface area contributed by atoms with Gasteiger partial charge in [-0.1, -0.05) is 0 Å². The Bertz CT molecular complexity index is 333. The summed E-state index contributed by atoms with van der Waals surface area (Å²) in [4.78, 5) is 23.2. The summed E-state index contributed by atoms with van der Waals surface area (Å²) in [6.45, 7) is 5.85. The van der Waals surface area contributed by atoms with Crippen molar-refractivity contribution in [3.05, 3.63) is 0 Å². The summed E-state index contributed by atoms with van der Waals surface area (Å²) < 4.78 is 21.7. The largest absolute Gasteiger partial charge is 0.352 e. The first kappa shape index (κ1) is 16.2.